The van der Waals surface area contributed by atoms with E-state index in [2.05, 4.69) is 15.1 Å². The zero-order valence-corrected chi connectivity index (χ0v) is 10.1. The van der Waals surface area contributed by atoms with Crippen molar-refractivity contribution in [2.75, 3.05) is 0 Å². The molecule has 0 saturated carbocycles. The minimum atomic E-state index is -0.234. The highest BCUT2D eigenvalue weighted by Crippen LogP contribution is 2.25. The lowest BCUT2D eigenvalue weighted by atomic mass is 9.96. The van der Waals surface area contributed by atoms with Crippen molar-refractivity contribution in [3.05, 3.63) is 21.7 Å². The van der Waals surface area contributed by atoms with Crippen molar-refractivity contribution >= 4 is 29.4 Å². The van der Waals surface area contributed by atoms with Crippen LogP contribution in [0.15, 0.2) is 5.16 Å². The summed E-state index contributed by atoms with van der Waals surface area (Å²) >= 11 is 11.8. The van der Waals surface area contributed by atoms with Crippen molar-refractivity contribution in [3.63, 3.8) is 0 Å². The van der Waals surface area contributed by atoms with Gasteiger partial charge in [0, 0.05) is 5.41 Å². The van der Waals surface area contributed by atoms with E-state index in [-0.39, 0.29) is 15.7 Å². The van der Waals surface area contributed by atoms with Gasteiger partial charge in [0.1, 0.15) is 16.1 Å². The molecule has 0 amide bonds. The molecule has 82 valence electrons. The van der Waals surface area contributed by atoms with Gasteiger partial charge in [-0.2, -0.15) is 0 Å². The third-order valence-corrected chi connectivity index (χ3v) is 2.29. The first-order valence-corrected chi connectivity index (χ1v) is 5.03. The normalized spacial score (nSPS) is 12.3. The van der Waals surface area contributed by atoms with E-state index in [1.165, 1.54) is 0 Å². The summed E-state index contributed by atoms with van der Waals surface area (Å²) in [4.78, 5) is 8.18. The molecule has 0 aromatic carbocycles. The molecule has 0 aliphatic rings. The topological polar surface area (TPSA) is 58.4 Å². The van der Waals surface area contributed by atoms with Gasteiger partial charge in [0.2, 0.25) is 0 Å². The van der Waals surface area contributed by atoms with E-state index < -0.39 is 0 Å². The molecule has 1 aromatic rings. The summed E-state index contributed by atoms with van der Waals surface area (Å²) in [5.41, 5.74) is 0.0798. The Hall–Kier alpha value is -0.870. The van der Waals surface area contributed by atoms with E-state index in [0.29, 0.717) is 11.4 Å². The zero-order valence-electron chi connectivity index (χ0n) is 8.62. The molecule has 0 aliphatic heterocycles. The maximum atomic E-state index is 8.39. The molecule has 15 heavy (non-hydrogen) atoms. The Balaban J connectivity index is 3.32. The van der Waals surface area contributed by atoms with Crippen LogP contribution in [0.3, 0.4) is 0 Å². The maximum absolute atomic E-state index is 8.39. The lowest BCUT2D eigenvalue weighted by Crippen LogP contribution is -2.17. The number of hydrogen-bond acceptors (Lipinski definition) is 4. The van der Waals surface area contributed by atoms with Crippen molar-refractivity contribution in [3.8, 4) is 0 Å². The second kappa shape index (κ2) is 4.33. The smallest absolute Gasteiger partial charge is 0.143 e. The molecule has 0 aliphatic carbocycles. The first-order chi connectivity index (χ1) is 6.86. The maximum Gasteiger partial charge on any atom is 0.143 e. The van der Waals surface area contributed by atoms with Crippen LogP contribution < -0.4 is 0 Å². The second-order valence-electron chi connectivity index (χ2n) is 4.04. The summed E-state index contributed by atoms with van der Waals surface area (Å²) in [6, 6.07) is 0. The number of nitrogens with zero attached hydrogens (tertiary/aromatic N) is 3. The van der Waals surface area contributed by atoms with Crippen LogP contribution in [0, 0.1) is 0 Å². The molecule has 1 rings (SSSR count). The summed E-state index contributed by atoms with van der Waals surface area (Å²) < 4.78 is 0. The van der Waals surface area contributed by atoms with Gasteiger partial charge in [-0.25, -0.2) is 9.97 Å². The highest BCUT2D eigenvalue weighted by molar-refractivity contribution is 6.37. The van der Waals surface area contributed by atoms with Gasteiger partial charge in [-0.3, -0.25) is 0 Å². The van der Waals surface area contributed by atoms with Crippen molar-refractivity contribution < 1.29 is 5.21 Å². The van der Waals surface area contributed by atoms with E-state index in [9.17, 15) is 0 Å². The molecule has 6 heteroatoms. The molecule has 1 aromatic heterocycles. The van der Waals surface area contributed by atoms with Gasteiger partial charge >= 0.3 is 0 Å². The summed E-state index contributed by atoms with van der Waals surface area (Å²) in [6.45, 7) is 5.86. The van der Waals surface area contributed by atoms with Crippen molar-refractivity contribution in [1.82, 2.24) is 9.97 Å². The van der Waals surface area contributed by atoms with Crippen molar-refractivity contribution in [1.29, 1.82) is 0 Å². The number of rotatable bonds is 1. The van der Waals surface area contributed by atoms with Gasteiger partial charge in [0.25, 0.3) is 0 Å². The Kier molecular flexibility index (Phi) is 3.52. The molecule has 0 atom stereocenters. The fourth-order valence-corrected chi connectivity index (χ4v) is 1.40. The first kappa shape index (κ1) is 12.2. The quantitative estimate of drug-likeness (QED) is 0.360. The second-order valence-corrected chi connectivity index (χ2v) is 4.75. The molecule has 1 N–H and O–H groups in total. The van der Waals surface area contributed by atoms with Crippen LogP contribution in [0.1, 0.15) is 32.2 Å². The van der Waals surface area contributed by atoms with Gasteiger partial charge in [-0.05, 0) is 0 Å². The third-order valence-electron chi connectivity index (χ3n) is 1.71. The fourth-order valence-electron chi connectivity index (χ4n) is 0.916. The van der Waals surface area contributed by atoms with Crippen molar-refractivity contribution in [2.45, 2.75) is 26.2 Å². The predicted molar refractivity (Wildman–Crippen MR) is 60.1 cm³/mol. The van der Waals surface area contributed by atoms with E-state index in [1.54, 1.807) is 0 Å². The lowest BCUT2D eigenvalue weighted by molar-refractivity contribution is 0.322. The fraction of sp³-hybridized carbons (Fsp3) is 0.444. The zero-order chi connectivity index (χ0) is 11.6. The number of aromatic nitrogens is 2. The molecule has 4 nitrogen and oxygen atoms in total. The Labute approximate surface area is 97.9 Å². The molecule has 0 fully saturated rings. The lowest BCUT2D eigenvalue weighted by Gasteiger charge is -2.17. The van der Waals surface area contributed by atoms with E-state index in [0.717, 1.165) is 6.21 Å². The highest BCUT2D eigenvalue weighted by atomic mass is 35.5. The van der Waals surface area contributed by atoms with Crippen LogP contribution in [0.5, 0.6) is 0 Å². The molecule has 0 radical (unpaired) electrons. The first-order valence-electron chi connectivity index (χ1n) is 4.27. The number of oxime groups is 1. The SMILES string of the molecule is CC(C)(C)c1nc(Cl)c(/C=N/O)c(Cl)n1. The van der Waals surface area contributed by atoms with Crippen molar-refractivity contribution in [2.24, 2.45) is 5.16 Å². The van der Waals surface area contributed by atoms with Crippen LogP contribution in [-0.4, -0.2) is 21.4 Å². The third kappa shape index (κ3) is 2.79. The summed E-state index contributed by atoms with van der Waals surface area (Å²) in [5.74, 6) is 0.549. The Morgan fingerprint density at radius 3 is 2.00 bits per heavy atom. The van der Waals surface area contributed by atoms with Gasteiger partial charge in [-0.15, -0.1) is 0 Å². The standard InChI is InChI=1S/C9H11Cl2N3O/c1-9(2,3)8-13-6(10)5(4-12-15)7(11)14-8/h4,15H,1-3H3/b12-4+. The Bertz CT molecular complexity index is 376. The Morgan fingerprint density at radius 2 is 1.67 bits per heavy atom. The summed E-state index contributed by atoms with van der Waals surface area (Å²) in [6.07, 6.45) is 1.11. The van der Waals surface area contributed by atoms with E-state index >= 15 is 0 Å². The predicted octanol–water partition coefficient (Wildman–Crippen LogP) is 2.89. The molecule has 0 spiro atoms. The van der Waals surface area contributed by atoms with Crippen LogP contribution in [0.2, 0.25) is 10.3 Å². The highest BCUT2D eigenvalue weighted by Gasteiger charge is 2.20. The molecule has 0 unspecified atom stereocenters. The van der Waals surface area contributed by atoms with Crippen LogP contribution in [0.4, 0.5) is 0 Å². The largest absolute Gasteiger partial charge is 0.411 e. The summed E-state index contributed by atoms with van der Waals surface area (Å²) in [7, 11) is 0. The monoisotopic (exact) mass is 247 g/mol. The van der Waals surface area contributed by atoms with Crippen LogP contribution in [-0.2, 0) is 5.41 Å². The van der Waals surface area contributed by atoms with Gasteiger partial charge in [0.15, 0.2) is 0 Å². The number of halogens is 2. The minimum Gasteiger partial charge on any atom is -0.411 e. The molecule has 0 saturated heterocycles. The average Bonchev–Trinajstić information content (AvgIpc) is 2.09. The molecular weight excluding hydrogens is 237 g/mol. The van der Waals surface area contributed by atoms with E-state index in [1.807, 2.05) is 20.8 Å². The molecule has 1 heterocycles. The van der Waals surface area contributed by atoms with Gasteiger partial charge < -0.3 is 5.21 Å². The van der Waals surface area contributed by atoms with E-state index in [4.69, 9.17) is 28.4 Å². The Morgan fingerprint density at radius 1 is 1.20 bits per heavy atom. The van der Waals surface area contributed by atoms with Crippen LogP contribution >= 0.6 is 23.2 Å². The van der Waals surface area contributed by atoms with Crippen LogP contribution in [0.25, 0.3) is 0 Å². The molecule has 0 bridgehead atoms. The molecular formula is C9H11Cl2N3O. The minimum absolute atomic E-state index is 0.178. The summed E-state index contributed by atoms with van der Waals surface area (Å²) in [5, 5.41) is 11.6. The number of hydrogen-bond donors (Lipinski definition) is 1. The van der Waals surface area contributed by atoms with Gasteiger partial charge in [0.05, 0.1) is 11.8 Å². The van der Waals surface area contributed by atoms with Gasteiger partial charge in [-0.1, -0.05) is 49.1 Å². The average molecular weight is 248 g/mol.